The zero-order valence-corrected chi connectivity index (χ0v) is 37.6. The maximum absolute atomic E-state index is 14.6. The number of pyridine rings is 1. The molecule has 0 saturated carbocycles. The number of rotatable bonds is 11. The molecule has 0 aliphatic carbocycles. The molecular formula is C48H62N8O7. The summed E-state index contributed by atoms with van der Waals surface area (Å²) >= 11 is 0. The van der Waals surface area contributed by atoms with Gasteiger partial charge in [-0.1, -0.05) is 46.4 Å². The molecule has 3 aliphatic heterocycles. The van der Waals surface area contributed by atoms with Crippen LogP contribution in [-0.2, 0) is 54.6 Å². The van der Waals surface area contributed by atoms with Crippen LogP contribution in [0.3, 0.4) is 0 Å². The molecule has 2 fully saturated rings. The van der Waals surface area contributed by atoms with Crippen molar-refractivity contribution in [2.24, 2.45) is 11.3 Å². The fourth-order valence-corrected chi connectivity index (χ4v) is 9.34. The van der Waals surface area contributed by atoms with Crippen LogP contribution in [0.15, 0.2) is 67.4 Å². The number of likely N-dealkylation sites (N-methyl/N-ethyl adjacent to an activating group) is 1. The number of carbonyl (C=O) groups is 4. The van der Waals surface area contributed by atoms with Crippen molar-refractivity contribution >= 4 is 34.6 Å². The zero-order valence-electron chi connectivity index (χ0n) is 37.6. The van der Waals surface area contributed by atoms with Crippen LogP contribution >= 0.6 is 0 Å². The predicted octanol–water partition coefficient (Wildman–Crippen LogP) is 4.75. The highest BCUT2D eigenvalue weighted by Crippen LogP contribution is 2.41. The number of aromatic nitrogens is 2. The summed E-state index contributed by atoms with van der Waals surface area (Å²) in [6.07, 6.45) is 4.70. The number of ether oxygens (including phenoxy) is 2. The van der Waals surface area contributed by atoms with Gasteiger partial charge in [-0.3, -0.25) is 29.2 Å². The first kappa shape index (κ1) is 45.4. The lowest BCUT2D eigenvalue weighted by Gasteiger charge is -2.43. The number of amides is 3. The number of benzene rings is 2. The smallest absolute Gasteiger partial charge is 0.324 e. The van der Waals surface area contributed by atoms with Gasteiger partial charge in [0.25, 0.3) is 5.91 Å². The molecule has 7 rings (SSSR count). The standard InChI is InChI=1S/C48H62N8O7/c1-9-42(58)54-25-33(26-54)51-53(7)43(29(3)4)45(59)50-39-21-30-19-32(22-34(57)20-30)31-15-16-41-36(23-31)37(44(55(41)10-2)35-13-11-17-49-40(35)27-62-8)24-48(5,6)28-63-47(61)38-14-12-18-56(52-38)46(39)60/h9,11,13,15-17,19-20,22-23,29,33,38-39,43,51-52,57H,1,10,12,14,18,21,24-28H2,2-8H3,(H,50,59)/t38-,39-,43-/m0/s1. The van der Waals surface area contributed by atoms with Crippen molar-refractivity contribution in [3.05, 3.63) is 84.2 Å². The highest BCUT2D eigenvalue weighted by molar-refractivity contribution is 5.96. The molecule has 15 heteroatoms. The van der Waals surface area contributed by atoms with E-state index in [0.29, 0.717) is 57.6 Å². The van der Waals surface area contributed by atoms with Crippen LogP contribution < -0.4 is 16.2 Å². The topological polar surface area (TPSA) is 171 Å². The molecule has 63 heavy (non-hydrogen) atoms. The second kappa shape index (κ2) is 19.0. The van der Waals surface area contributed by atoms with Crippen molar-refractivity contribution in [3.63, 3.8) is 0 Å². The van der Waals surface area contributed by atoms with Gasteiger partial charge in [-0.25, -0.2) is 15.9 Å². The number of fused-ring (bicyclic) bond motifs is 6. The van der Waals surface area contributed by atoms with Crippen LogP contribution in [0.25, 0.3) is 33.3 Å². The molecule has 3 amide bonds. The number of methoxy groups -OCH3 is 1. The molecule has 4 N–H and O–H groups in total. The Morgan fingerprint density at radius 3 is 2.63 bits per heavy atom. The maximum Gasteiger partial charge on any atom is 0.324 e. The van der Waals surface area contributed by atoms with Crippen LogP contribution in [0.4, 0.5) is 0 Å². The second-order valence-electron chi connectivity index (χ2n) is 18.2. The molecule has 6 bridgehead atoms. The van der Waals surface area contributed by atoms with Gasteiger partial charge in [-0.05, 0) is 96.8 Å². The lowest BCUT2D eigenvalue weighted by atomic mass is 9.84. The van der Waals surface area contributed by atoms with Crippen molar-refractivity contribution in [2.45, 2.75) is 97.6 Å². The predicted molar refractivity (Wildman–Crippen MR) is 241 cm³/mol. The van der Waals surface area contributed by atoms with Gasteiger partial charge in [0.1, 0.15) is 23.9 Å². The molecule has 4 aromatic rings. The van der Waals surface area contributed by atoms with E-state index < -0.39 is 35.4 Å². The Labute approximate surface area is 369 Å². The summed E-state index contributed by atoms with van der Waals surface area (Å²) in [4.78, 5) is 61.3. The lowest BCUT2D eigenvalue weighted by Crippen LogP contribution is -2.66. The fourth-order valence-electron chi connectivity index (χ4n) is 9.34. The molecule has 2 saturated heterocycles. The van der Waals surface area contributed by atoms with Crippen LogP contribution in [0.5, 0.6) is 5.75 Å². The molecule has 5 heterocycles. The third-order valence-corrected chi connectivity index (χ3v) is 12.3. The zero-order chi connectivity index (χ0) is 45.2. The highest BCUT2D eigenvalue weighted by atomic mass is 16.5. The lowest BCUT2D eigenvalue weighted by molar-refractivity contribution is -0.155. The second-order valence-corrected chi connectivity index (χ2v) is 18.2. The van der Waals surface area contributed by atoms with E-state index in [1.54, 1.807) is 42.4 Å². The average Bonchev–Trinajstić information content (AvgIpc) is 3.54. The molecule has 15 nitrogen and oxygen atoms in total. The molecule has 3 aliphatic rings. The van der Waals surface area contributed by atoms with Crippen LogP contribution in [0.2, 0.25) is 0 Å². The molecule has 2 aromatic heterocycles. The Morgan fingerprint density at radius 1 is 1.14 bits per heavy atom. The number of aryl methyl sites for hydroxylation is 1. The normalized spacial score (nSPS) is 20.0. The van der Waals surface area contributed by atoms with E-state index in [-0.39, 0.29) is 42.6 Å². The third-order valence-electron chi connectivity index (χ3n) is 12.3. The Hall–Kier alpha value is -5.61. The Morgan fingerprint density at radius 2 is 1.92 bits per heavy atom. The van der Waals surface area contributed by atoms with Gasteiger partial charge in [-0.15, -0.1) is 0 Å². The number of carbonyl (C=O) groups excluding carboxylic acids is 4. The van der Waals surface area contributed by atoms with E-state index in [2.05, 4.69) is 66.3 Å². The van der Waals surface area contributed by atoms with Gasteiger partial charge in [0.2, 0.25) is 11.8 Å². The number of phenolic OH excluding ortho intramolecular Hbond substituents is 1. The van der Waals surface area contributed by atoms with E-state index in [1.165, 1.54) is 11.1 Å². The van der Waals surface area contributed by atoms with Crippen molar-refractivity contribution < 1.29 is 33.8 Å². The van der Waals surface area contributed by atoms with Crippen molar-refractivity contribution in [3.8, 4) is 28.1 Å². The largest absolute Gasteiger partial charge is 0.508 e. The van der Waals surface area contributed by atoms with Gasteiger partial charge in [0.15, 0.2) is 0 Å². The number of hydrogen-bond acceptors (Lipinski definition) is 11. The van der Waals surface area contributed by atoms with Crippen LogP contribution in [0, 0.1) is 11.3 Å². The SMILES string of the molecule is C=CC(=O)N1CC(NN(C)[C@H](C(=O)N[C@H]2Cc3cc(O)cc(c3)-c3ccc4c(c3)c(c(-c3cccnc3COC)n4CC)CC(C)(C)COC(=O)[C@@H]3CCCN(N3)C2=O)C(C)C)C1. The number of hydrazine groups is 2. The maximum atomic E-state index is 14.6. The first-order valence-corrected chi connectivity index (χ1v) is 22.0. The Kier molecular flexibility index (Phi) is 13.7. The van der Waals surface area contributed by atoms with Crippen LogP contribution in [0.1, 0.15) is 64.3 Å². The summed E-state index contributed by atoms with van der Waals surface area (Å²) < 4.78 is 14.0. The van der Waals surface area contributed by atoms with E-state index in [4.69, 9.17) is 14.5 Å². The molecular weight excluding hydrogens is 801 g/mol. The number of likely N-dealkylation sites (tertiary alicyclic amines) is 1. The summed E-state index contributed by atoms with van der Waals surface area (Å²) in [6.45, 7) is 16.1. The van der Waals surface area contributed by atoms with Gasteiger partial charge in [0, 0.05) is 74.8 Å². The van der Waals surface area contributed by atoms with Crippen molar-refractivity contribution in [1.82, 2.24) is 40.6 Å². The number of hydrogen-bond donors (Lipinski definition) is 4. The van der Waals surface area contributed by atoms with E-state index >= 15 is 0 Å². The molecule has 3 atom stereocenters. The van der Waals surface area contributed by atoms with E-state index in [1.807, 2.05) is 32.0 Å². The first-order valence-electron chi connectivity index (χ1n) is 22.0. The molecule has 336 valence electrons. The summed E-state index contributed by atoms with van der Waals surface area (Å²) in [5.41, 5.74) is 13.1. The quantitative estimate of drug-likeness (QED) is 0.0933. The molecule has 2 aromatic carbocycles. The monoisotopic (exact) mass is 862 g/mol. The average molecular weight is 863 g/mol. The summed E-state index contributed by atoms with van der Waals surface area (Å²) in [6, 6.07) is 13.0. The minimum Gasteiger partial charge on any atom is -0.508 e. The van der Waals surface area contributed by atoms with Crippen LogP contribution in [-0.4, -0.2) is 118 Å². The van der Waals surface area contributed by atoms with Gasteiger partial charge in [0.05, 0.1) is 30.6 Å². The molecule has 0 spiro atoms. The van der Waals surface area contributed by atoms with E-state index in [0.717, 1.165) is 44.5 Å². The van der Waals surface area contributed by atoms with Crippen molar-refractivity contribution in [1.29, 1.82) is 0 Å². The minimum absolute atomic E-state index is 0.0228. The summed E-state index contributed by atoms with van der Waals surface area (Å²) in [7, 11) is 3.45. The summed E-state index contributed by atoms with van der Waals surface area (Å²) in [5.74, 6) is -1.53. The number of nitrogens with zero attached hydrogens (tertiary/aromatic N) is 5. The van der Waals surface area contributed by atoms with Gasteiger partial charge >= 0.3 is 5.97 Å². The number of nitrogens with one attached hydrogen (secondary N) is 3. The Balaban J connectivity index is 1.29. The fraction of sp³-hybridized carbons (Fsp3) is 0.479. The van der Waals surface area contributed by atoms with E-state index in [9.17, 15) is 24.3 Å². The highest BCUT2D eigenvalue weighted by Gasteiger charge is 2.38. The van der Waals surface area contributed by atoms with Gasteiger partial charge in [-0.2, -0.15) is 0 Å². The molecule has 0 radical (unpaired) electrons. The number of phenols is 1. The van der Waals surface area contributed by atoms with Crippen molar-refractivity contribution in [2.75, 3.05) is 40.4 Å². The number of aromatic hydroxyl groups is 1. The molecule has 0 unspecified atom stereocenters. The number of cyclic esters (lactones) is 1. The minimum atomic E-state index is -1.07. The Bertz CT molecular complexity index is 2370. The third kappa shape index (κ3) is 9.81. The van der Waals surface area contributed by atoms with Gasteiger partial charge < -0.3 is 29.4 Å². The first-order chi connectivity index (χ1) is 30.1. The number of esters is 1. The summed E-state index contributed by atoms with van der Waals surface area (Å²) in [5, 5.41) is 18.5.